The molecule has 0 unspecified atom stereocenters. The van der Waals surface area contributed by atoms with Crippen LogP contribution in [0.5, 0.6) is 0 Å². The molecule has 0 bridgehead atoms. The van der Waals surface area contributed by atoms with Crippen LogP contribution < -0.4 is 5.32 Å². The fraction of sp³-hybridized carbons (Fsp3) is 0.167. The average molecular weight is 371 g/mol. The summed E-state index contributed by atoms with van der Waals surface area (Å²) in [6.07, 6.45) is 2.57. The van der Waals surface area contributed by atoms with Gasteiger partial charge in [-0.05, 0) is 47.9 Å². The van der Waals surface area contributed by atoms with Gasteiger partial charge in [0.25, 0.3) is 0 Å². The van der Waals surface area contributed by atoms with E-state index in [1.165, 1.54) is 16.8 Å². The number of unbranched alkanes of at least 4 members (excludes halogenated alkanes) is 2. The molecule has 3 rings (SSSR count). The zero-order chi connectivity index (χ0) is 19.8. The number of nitrogens with one attached hydrogen (secondary N) is 1. The molecule has 2 N–H and O–H groups in total. The Morgan fingerprint density at radius 3 is 2.46 bits per heavy atom. The lowest BCUT2D eigenvalue weighted by atomic mass is 10.1. The molecule has 0 radical (unpaired) electrons. The Kier molecular flexibility index (Phi) is 6.43. The summed E-state index contributed by atoms with van der Waals surface area (Å²) < 4.78 is 0. The fourth-order valence-electron chi connectivity index (χ4n) is 2.92. The Morgan fingerprint density at radius 2 is 1.64 bits per heavy atom. The van der Waals surface area contributed by atoms with Gasteiger partial charge in [0.2, 0.25) is 5.91 Å². The van der Waals surface area contributed by atoms with Gasteiger partial charge in [0, 0.05) is 18.4 Å². The summed E-state index contributed by atoms with van der Waals surface area (Å²) in [7, 11) is 0. The van der Waals surface area contributed by atoms with Crippen molar-refractivity contribution >= 4 is 28.3 Å². The van der Waals surface area contributed by atoms with Gasteiger partial charge in [0.15, 0.2) is 0 Å². The number of carbonyl (C=O) groups is 2. The quantitative estimate of drug-likeness (QED) is 0.469. The Bertz CT molecular complexity index is 1060. The first kappa shape index (κ1) is 19.2. The third-order valence-corrected chi connectivity index (χ3v) is 4.37. The van der Waals surface area contributed by atoms with Gasteiger partial charge in [-0.1, -0.05) is 54.3 Å². The summed E-state index contributed by atoms with van der Waals surface area (Å²) in [4.78, 5) is 23.2. The monoisotopic (exact) mass is 371 g/mol. The van der Waals surface area contributed by atoms with E-state index in [1.807, 2.05) is 18.2 Å². The summed E-state index contributed by atoms with van der Waals surface area (Å²) in [6.45, 7) is 0. The van der Waals surface area contributed by atoms with Crippen molar-refractivity contribution in [3.8, 4) is 11.8 Å². The van der Waals surface area contributed by atoms with E-state index in [-0.39, 0.29) is 11.5 Å². The second kappa shape index (κ2) is 9.38. The van der Waals surface area contributed by atoms with Crippen LogP contribution in [0.3, 0.4) is 0 Å². The van der Waals surface area contributed by atoms with Crippen LogP contribution in [0.25, 0.3) is 10.8 Å². The molecule has 1 amide bonds. The Hall–Kier alpha value is -3.58. The Balaban J connectivity index is 1.44. The maximum absolute atomic E-state index is 12.0. The molecule has 0 aliphatic rings. The van der Waals surface area contributed by atoms with Crippen molar-refractivity contribution in [2.75, 3.05) is 5.32 Å². The Labute approximate surface area is 164 Å². The van der Waals surface area contributed by atoms with Gasteiger partial charge in [-0.15, -0.1) is 0 Å². The van der Waals surface area contributed by atoms with E-state index < -0.39 is 5.97 Å². The Morgan fingerprint density at radius 1 is 0.893 bits per heavy atom. The normalized spacial score (nSPS) is 10.1. The molecular formula is C24H21NO3. The number of carboxylic acids is 1. The van der Waals surface area contributed by atoms with Crippen LogP contribution in [0.4, 0.5) is 5.69 Å². The van der Waals surface area contributed by atoms with Crippen LogP contribution >= 0.6 is 0 Å². The topological polar surface area (TPSA) is 66.4 Å². The van der Waals surface area contributed by atoms with Gasteiger partial charge in [0.1, 0.15) is 0 Å². The molecule has 0 atom stereocenters. The highest BCUT2D eigenvalue weighted by atomic mass is 16.4. The lowest BCUT2D eigenvalue weighted by molar-refractivity contribution is -0.116. The first-order valence-corrected chi connectivity index (χ1v) is 9.23. The molecule has 0 saturated carbocycles. The van der Waals surface area contributed by atoms with E-state index in [0.29, 0.717) is 24.9 Å². The van der Waals surface area contributed by atoms with E-state index in [9.17, 15) is 9.59 Å². The predicted octanol–water partition coefficient (Wildman–Crippen LogP) is 5.09. The number of amides is 1. The third-order valence-electron chi connectivity index (χ3n) is 4.37. The molecule has 3 aromatic carbocycles. The molecule has 0 aliphatic carbocycles. The minimum Gasteiger partial charge on any atom is -0.478 e. The predicted molar refractivity (Wildman–Crippen MR) is 111 cm³/mol. The second-order valence-electron chi connectivity index (χ2n) is 6.47. The van der Waals surface area contributed by atoms with Crippen LogP contribution in [-0.4, -0.2) is 17.0 Å². The highest BCUT2D eigenvalue weighted by molar-refractivity contribution is 6.00. The molecule has 0 fully saturated rings. The van der Waals surface area contributed by atoms with E-state index in [1.54, 1.807) is 18.2 Å². The molecule has 3 aromatic rings. The second-order valence-corrected chi connectivity index (χ2v) is 6.47. The van der Waals surface area contributed by atoms with Crippen LogP contribution in [0, 0.1) is 11.8 Å². The summed E-state index contributed by atoms with van der Waals surface area (Å²) in [6, 6.07) is 20.7. The van der Waals surface area contributed by atoms with Gasteiger partial charge in [0.05, 0.1) is 11.3 Å². The first-order chi connectivity index (χ1) is 13.6. The molecule has 4 nitrogen and oxygen atoms in total. The minimum atomic E-state index is -1.06. The number of hydrogen-bond donors (Lipinski definition) is 2. The smallest absolute Gasteiger partial charge is 0.337 e. The number of aromatic carboxylic acids is 1. The minimum absolute atomic E-state index is 0.0945. The summed E-state index contributed by atoms with van der Waals surface area (Å²) in [5, 5.41) is 14.2. The number of benzene rings is 3. The number of anilines is 1. The molecule has 0 aliphatic heterocycles. The maximum atomic E-state index is 12.0. The van der Waals surface area contributed by atoms with E-state index in [0.717, 1.165) is 12.0 Å². The molecular weight excluding hydrogens is 350 g/mol. The average Bonchev–Trinajstić information content (AvgIpc) is 2.70. The molecule has 0 spiro atoms. The van der Waals surface area contributed by atoms with Crippen LogP contribution in [0.15, 0.2) is 66.7 Å². The first-order valence-electron chi connectivity index (χ1n) is 9.23. The number of para-hydroxylation sites is 1. The van der Waals surface area contributed by atoms with Crippen molar-refractivity contribution < 1.29 is 14.7 Å². The zero-order valence-corrected chi connectivity index (χ0v) is 15.4. The van der Waals surface area contributed by atoms with Crippen LogP contribution in [0.1, 0.15) is 41.6 Å². The molecule has 0 saturated heterocycles. The van der Waals surface area contributed by atoms with Crippen LogP contribution in [0.2, 0.25) is 0 Å². The van der Waals surface area contributed by atoms with Gasteiger partial charge in [-0.3, -0.25) is 4.79 Å². The van der Waals surface area contributed by atoms with Gasteiger partial charge >= 0.3 is 5.97 Å². The number of carboxylic acid groups (broad SMARTS) is 1. The SMILES string of the molecule is O=C(CCCCC#Cc1ccc2ccccc2c1)Nc1ccccc1C(=O)O. The van der Waals surface area contributed by atoms with E-state index >= 15 is 0 Å². The lowest BCUT2D eigenvalue weighted by Gasteiger charge is -2.07. The van der Waals surface area contributed by atoms with Crippen molar-refractivity contribution in [3.63, 3.8) is 0 Å². The van der Waals surface area contributed by atoms with Gasteiger partial charge in [-0.25, -0.2) is 4.79 Å². The van der Waals surface area contributed by atoms with Gasteiger partial charge in [-0.2, -0.15) is 0 Å². The number of carbonyl (C=O) groups excluding carboxylic acids is 1. The van der Waals surface area contributed by atoms with Crippen molar-refractivity contribution in [1.82, 2.24) is 0 Å². The molecule has 4 heteroatoms. The lowest BCUT2D eigenvalue weighted by Crippen LogP contribution is -2.14. The number of fused-ring (bicyclic) bond motifs is 1. The standard InChI is InChI=1S/C24H21NO3/c26-23(25-22-13-8-7-12-21(22)24(27)28)14-4-2-1-3-9-18-15-16-19-10-5-6-11-20(19)17-18/h5-8,10-13,15-17H,1-2,4,14H2,(H,25,26)(H,27,28). The van der Waals surface area contributed by atoms with Crippen molar-refractivity contribution in [2.24, 2.45) is 0 Å². The molecule has 0 heterocycles. The van der Waals surface area contributed by atoms with Crippen LogP contribution in [-0.2, 0) is 4.79 Å². The van der Waals surface area contributed by atoms with Crippen molar-refractivity contribution in [2.45, 2.75) is 25.7 Å². The zero-order valence-electron chi connectivity index (χ0n) is 15.4. The summed E-state index contributed by atoms with van der Waals surface area (Å²) in [5.74, 6) is 5.08. The van der Waals surface area contributed by atoms with Crippen molar-refractivity contribution in [1.29, 1.82) is 0 Å². The largest absolute Gasteiger partial charge is 0.478 e. The molecule has 28 heavy (non-hydrogen) atoms. The maximum Gasteiger partial charge on any atom is 0.337 e. The van der Waals surface area contributed by atoms with Crippen molar-refractivity contribution in [3.05, 3.63) is 77.9 Å². The third kappa shape index (κ3) is 5.21. The molecule has 140 valence electrons. The fourth-order valence-corrected chi connectivity index (χ4v) is 2.92. The van der Waals surface area contributed by atoms with Gasteiger partial charge < -0.3 is 10.4 Å². The van der Waals surface area contributed by atoms with E-state index in [4.69, 9.17) is 5.11 Å². The number of hydrogen-bond acceptors (Lipinski definition) is 2. The highest BCUT2D eigenvalue weighted by Gasteiger charge is 2.11. The van der Waals surface area contributed by atoms with E-state index in [2.05, 4.69) is 41.4 Å². The summed E-state index contributed by atoms with van der Waals surface area (Å²) >= 11 is 0. The highest BCUT2D eigenvalue weighted by Crippen LogP contribution is 2.16. The summed E-state index contributed by atoms with van der Waals surface area (Å²) in [5.41, 5.74) is 1.41. The number of rotatable bonds is 6. The molecule has 0 aromatic heterocycles.